The second-order valence-corrected chi connectivity index (χ2v) is 4.52. The molecule has 18 heavy (non-hydrogen) atoms. The Kier molecular flexibility index (Phi) is 3.29. The molecule has 0 atom stereocenters. The Morgan fingerprint density at radius 2 is 2.17 bits per heavy atom. The summed E-state index contributed by atoms with van der Waals surface area (Å²) >= 11 is 0. The summed E-state index contributed by atoms with van der Waals surface area (Å²) in [6, 6.07) is 3.05. The summed E-state index contributed by atoms with van der Waals surface area (Å²) in [5.41, 5.74) is 5.94. The van der Waals surface area contributed by atoms with Crippen molar-refractivity contribution in [1.29, 1.82) is 0 Å². The van der Waals surface area contributed by atoms with Crippen LogP contribution in [0.4, 0.5) is 0 Å². The molecule has 1 aliphatic carbocycles. The molecule has 0 unspecified atom stereocenters. The predicted molar refractivity (Wildman–Crippen MR) is 63.8 cm³/mol. The SMILES string of the molecule is NCC1(C(=O)NCc2ccc(C(=O)O)nc2)CC1. The largest absolute Gasteiger partial charge is 0.477 e. The summed E-state index contributed by atoms with van der Waals surface area (Å²) in [6.07, 6.45) is 3.13. The first-order valence-corrected chi connectivity index (χ1v) is 5.74. The highest BCUT2D eigenvalue weighted by Crippen LogP contribution is 2.44. The van der Waals surface area contributed by atoms with Gasteiger partial charge in [-0.2, -0.15) is 0 Å². The molecule has 1 saturated carbocycles. The Morgan fingerprint density at radius 1 is 1.44 bits per heavy atom. The monoisotopic (exact) mass is 249 g/mol. The van der Waals surface area contributed by atoms with Crippen LogP contribution in [0.1, 0.15) is 28.9 Å². The van der Waals surface area contributed by atoms with Crippen molar-refractivity contribution in [3.05, 3.63) is 29.6 Å². The van der Waals surface area contributed by atoms with Gasteiger partial charge < -0.3 is 16.2 Å². The molecule has 0 aliphatic heterocycles. The van der Waals surface area contributed by atoms with Crippen LogP contribution < -0.4 is 11.1 Å². The van der Waals surface area contributed by atoms with E-state index in [0.717, 1.165) is 18.4 Å². The lowest BCUT2D eigenvalue weighted by Crippen LogP contribution is -2.36. The Balaban J connectivity index is 1.90. The van der Waals surface area contributed by atoms with Gasteiger partial charge in [0.15, 0.2) is 0 Å². The molecule has 6 heteroatoms. The second kappa shape index (κ2) is 4.73. The van der Waals surface area contributed by atoms with Crippen LogP contribution in [0.3, 0.4) is 0 Å². The number of aromatic carboxylic acids is 1. The lowest BCUT2D eigenvalue weighted by atomic mass is 10.1. The van der Waals surface area contributed by atoms with Gasteiger partial charge in [-0.1, -0.05) is 6.07 Å². The van der Waals surface area contributed by atoms with Crippen LogP contribution in [-0.4, -0.2) is 28.5 Å². The molecule has 0 bridgehead atoms. The molecule has 6 nitrogen and oxygen atoms in total. The number of nitrogens with two attached hydrogens (primary N) is 1. The summed E-state index contributed by atoms with van der Waals surface area (Å²) < 4.78 is 0. The van der Waals surface area contributed by atoms with Crippen LogP contribution in [0.2, 0.25) is 0 Å². The number of carboxylic acids is 1. The van der Waals surface area contributed by atoms with Crippen molar-refractivity contribution in [2.24, 2.45) is 11.1 Å². The van der Waals surface area contributed by atoms with Gasteiger partial charge in [-0.05, 0) is 24.5 Å². The van der Waals surface area contributed by atoms with E-state index < -0.39 is 5.97 Å². The number of hydrogen-bond acceptors (Lipinski definition) is 4. The maximum Gasteiger partial charge on any atom is 0.354 e. The Hall–Kier alpha value is -1.95. The fraction of sp³-hybridized carbons (Fsp3) is 0.417. The van der Waals surface area contributed by atoms with Crippen LogP contribution in [-0.2, 0) is 11.3 Å². The number of nitrogens with one attached hydrogen (secondary N) is 1. The van der Waals surface area contributed by atoms with Gasteiger partial charge in [-0.15, -0.1) is 0 Å². The van der Waals surface area contributed by atoms with Gasteiger partial charge in [0.25, 0.3) is 0 Å². The standard InChI is InChI=1S/C12H15N3O3/c13-7-12(3-4-12)11(18)15-6-8-1-2-9(10(16)17)14-5-8/h1-2,5H,3-4,6-7,13H2,(H,15,18)(H,16,17). The van der Waals surface area contributed by atoms with Gasteiger partial charge in [0.05, 0.1) is 5.41 Å². The number of hydrogen-bond donors (Lipinski definition) is 3. The fourth-order valence-electron chi connectivity index (χ4n) is 1.70. The first-order valence-electron chi connectivity index (χ1n) is 5.74. The van der Waals surface area contributed by atoms with E-state index in [1.165, 1.54) is 12.3 Å². The van der Waals surface area contributed by atoms with Crippen LogP contribution >= 0.6 is 0 Å². The van der Waals surface area contributed by atoms with Gasteiger partial charge in [0, 0.05) is 19.3 Å². The number of pyridine rings is 1. The Morgan fingerprint density at radius 3 is 2.61 bits per heavy atom. The maximum absolute atomic E-state index is 11.8. The van der Waals surface area contributed by atoms with E-state index in [4.69, 9.17) is 10.8 Å². The topological polar surface area (TPSA) is 105 Å². The lowest BCUT2D eigenvalue weighted by molar-refractivity contribution is -0.126. The van der Waals surface area contributed by atoms with Crippen molar-refractivity contribution in [3.8, 4) is 0 Å². The third kappa shape index (κ3) is 2.48. The molecular formula is C12H15N3O3. The van der Waals surface area contributed by atoms with Crippen molar-refractivity contribution in [2.45, 2.75) is 19.4 Å². The highest BCUT2D eigenvalue weighted by molar-refractivity contribution is 5.86. The van der Waals surface area contributed by atoms with E-state index in [1.807, 2.05) is 0 Å². The van der Waals surface area contributed by atoms with Gasteiger partial charge in [0.1, 0.15) is 5.69 Å². The maximum atomic E-state index is 11.8. The third-order valence-corrected chi connectivity index (χ3v) is 3.22. The number of amides is 1. The van der Waals surface area contributed by atoms with Crippen molar-refractivity contribution < 1.29 is 14.7 Å². The van der Waals surface area contributed by atoms with E-state index in [2.05, 4.69) is 10.3 Å². The van der Waals surface area contributed by atoms with E-state index in [9.17, 15) is 9.59 Å². The molecule has 4 N–H and O–H groups in total. The number of carboxylic acid groups (broad SMARTS) is 1. The molecule has 1 amide bonds. The number of rotatable bonds is 5. The normalized spacial score (nSPS) is 16.1. The van der Waals surface area contributed by atoms with E-state index >= 15 is 0 Å². The molecule has 0 radical (unpaired) electrons. The molecule has 96 valence electrons. The minimum atomic E-state index is -1.06. The average molecular weight is 249 g/mol. The van der Waals surface area contributed by atoms with Gasteiger partial charge >= 0.3 is 5.97 Å². The summed E-state index contributed by atoms with van der Waals surface area (Å²) in [5.74, 6) is -1.10. The van der Waals surface area contributed by atoms with Gasteiger partial charge in [-0.25, -0.2) is 9.78 Å². The molecule has 1 heterocycles. The smallest absolute Gasteiger partial charge is 0.354 e. The minimum absolute atomic E-state index is 0.00861. The van der Waals surface area contributed by atoms with Crippen LogP contribution in [0.15, 0.2) is 18.3 Å². The Labute approximate surface area is 104 Å². The molecule has 0 spiro atoms. The molecule has 1 aromatic rings. The quantitative estimate of drug-likeness (QED) is 0.688. The zero-order chi connectivity index (χ0) is 13.2. The van der Waals surface area contributed by atoms with Crippen molar-refractivity contribution in [3.63, 3.8) is 0 Å². The van der Waals surface area contributed by atoms with E-state index in [-0.39, 0.29) is 17.0 Å². The zero-order valence-electron chi connectivity index (χ0n) is 9.85. The first kappa shape index (κ1) is 12.5. The van der Waals surface area contributed by atoms with Crippen LogP contribution in [0.25, 0.3) is 0 Å². The molecule has 1 aliphatic rings. The van der Waals surface area contributed by atoms with Gasteiger partial charge in [0.2, 0.25) is 5.91 Å². The zero-order valence-corrected chi connectivity index (χ0v) is 9.85. The molecule has 0 aromatic carbocycles. The summed E-state index contributed by atoms with van der Waals surface area (Å²) in [5, 5.41) is 11.5. The molecule has 1 fully saturated rings. The van der Waals surface area contributed by atoms with Crippen molar-refractivity contribution >= 4 is 11.9 Å². The highest BCUT2D eigenvalue weighted by Gasteiger charge is 2.48. The molecular weight excluding hydrogens is 234 g/mol. The third-order valence-electron chi connectivity index (χ3n) is 3.22. The second-order valence-electron chi connectivity index (χ2n) is 4.52. The minimum Gasteiger partial charge on any atom is -0.477 e. The Bertz CT molecular complexity index is 466. The molecule has 1 aromatic heterocycles. The van der Waals surface area contributed by atoms with Crippen LogP contribution in [0, 0.1) is 5.41 Å². The van der Waals surface area contributed by atoms with Crippen LogP contribution in [0.5, 0.6) is 0 Å². The van der Waals surface area contributed by atoms with Gasteiger partial charge in [-0.3, -0.25) is 4.79 Å². The summed E-state index contributed by atoms with van der Waals surface area (Å²) in [4.78, 5) is 26.2. The molecule has 0 saturated heterocycles. The predicted octanol–water partition coefficient (Wildman–Crippen LogP) is 0.135. The number of aromatic nitrogens is 1. The summed E-state index contributed by atoms with van der Waals surface area (Å²) in [7, 11) is 0. The lowest BCUT2D eigenvalue weighted by Gasteiger charge is -2.12. The van der Waals surface area contributed by atoms with E-state index in [1.54, 1.807) is 6.07 Å². The highest BCUT2D eigenvalue weighted by atomic mass is 16.4. The first-order chi connectivity index (χ1) is 8.57. The number of nitrogens with zero attached hydrogens (tertiary/aromatic N) is 1. The average Bonchev–Trinajstić information content (AvgIpc) is 3.17. The summed E-state index contributed by atoms with van der Waals surface area (Å²) in [6.45, 7) is 0.711. The van der Waals surface area contributed by atoms with Crippen molar-refractivity contribution in [1.82, 2.24) is 10.3 Å². The number of carbonyl (C=O) groups is 2. The number of carbonyl (C=O) groups excluding carboxylic acids is 1. The fourth-order valence-corrected chi connectivity index (χ4v) is 1.70. The van der Waals surface area contributed by atoms with E-state index in [0.29, 0.717) is 13.1 Å². The molecule has 2 rings (SSSR count). The van der Waals surface area contributed by atoms with Crippen molar-refractivity contribution in [2.75, 3.05) is 6.54 Å².